The van der Waals surface area contributed by atoms with E-state index in [4.69, 9.17) is 53.1 Å². The number of esters is 1. The third-order valence-corrected chi connectivity index (χ3v) is 4.63. The molecular weight excluding hydrogens is 506 g/mol. The van der Waals surface area contributed by atoms with Gasteiger partial charge in [-0.2, -0.15) is 0 Å². The normalized spacial score (nSPS) is 24.6. The van der Waals surface area contributed by atoms with Crippen LogP contribution < -0.4 is 5.73 Å². The van der Waals surface area contributed by atoms with Crippen LogP contribution in [0, 0.1) is 0 Å². The van der Waals surface area contributed by atoms with Gasteiger partial charge in [-0.1, -0.05) is 0 Å². The van der Waals surface area contributed by atoms with E-state index in [0.29, 0.717) is 0 Å². The first kappa shape index (κ1) is 31.5. The minimum atomic E-state index is -1.80. The van der Waals surface area contributed by atoms with Gasteiger partial charge in [0.05, 0.1) is 33.0 Å². The maximum atomic E-state index is 12.3. The van der Waals surface area contributed by atoms with E-state index in [-0.39, 0.29) is 26.4 Å². The van der Waals surface area contributed by atoms with Crippen molar-refractivity contribution in [1.82, 2.24) is 0 Å². The molecule has 0 amide bonds. The van der Waals surface area contributed by atoms with Crippen LogP contribution in [0.1, 0.15) is 27.7 Å². The molecule has 1 aliphatic rings. The summed E-state index contributed by atoms with van der Waals surface area (Å²) in [6, 6.07) is 0. The highest BCUT2D eigenvalue weighted by Gasteiger charge is 2.61. The van der Waals surface area contributed by atoms with Crippen LogP contribution >= 0.6 is 0 Å². The highest BCUT2D eigenvalue weighted by atomic mass is 16.8. The van der Waals surface area contributed by atoms with E-state index in [1.54, 1.807) is 0 Å². The van der Waals surface area contributed by atoms with Crippen LogP contribution in [-0.2, 0) is 52.2 Å². The monoisotopic (exact) mass is 539 g/mol. The first-order valence-corrected chi connectivity index (χ1v) is 11.4. The van der Waals surface area contributed by atoms with Crippen LogP contribution in [0.25, 0.3) is 0 Å². The molecule has 0 bridgehead atoms. The summed E-state index contributed by atoms with van der Waals surface area (Å²) in [5.41, 5.74) is 5.36. The van der Waals surface area contributed by atoms with Gasteiger partial charge in [-0.3, -0.25) is 4.79 Å². The standard InChI is InChI=1S/C21H33NO15/c1-6-29-18(24)34-14-12(28-5)13(33-11(23)10-22)15(35-19(25)30-7-2)17(37-21(27)32-9-4)16(14)36-20(26)31-8-3/h12-17H,6-10,22H2,1-5H3. The maximum Gasteiger partial charge on any atom is 0.508 e. The summed E-state index contributed by atoms with van der Waals surface area (Å²) in [4.78, 5) is 61.3. The van der Waals surface area contributed by atoms with Crippen LogP contribution in [0.5, 0.6) is 0 Å². The van der Waals surface area contributed by atoms with Gasteiger partial charge in [0.2, 0.25) is 0 Å². The van der Waals surface area contributed by atoms with Crippen LogP contribution in [0.2, 0.25) is 0 Å². The summed E-state index contributed by atoms with van der Waals surface area (Å²) in [7, 11) is 1.14. The molecule has 0 spiro atoms. The van der Waals surface area contributed by atoms with Crippen molar-refractivity contribution in [2.45, 2.75) is 64.3 Å². The predicted octanol–water partition coefficient (Wildman–Crippen LogP) is 1.05. The molecule has 0 aromatic carbocycles. The number of hydrogen-bond donors (Lipinski definition) is 1. The molecule has 0 aromatic heterocycles. The molecule has 0 saturated heterocycles. The Morgan fingerprint density at radius 2 is 0.784 bits per heavy atom. The highest BCUT2D eigenvalue weighted by Crippen LogP contribution is 2.34. The Hall–Kier alpha value is -3.53. The van der Waals surface area contributed by atoms with Crippen LogP contribution in [0.4, 0.5) is 19.2 Å². The van der Waals surface area contributed by atoms with Crippen molar-refractivity contribution in [1.29, 1.82) is 0 Å². The summed E-state index contributed by atoms with van der Waals surface area (Å²) in [5, 5.41) is 0. The summed E-state index contributed by atoms with van der Waals surface area (Å²) in [5.74, 6) is -0.987. The minimum Gasteiger partial charge on any atom is -0.454 e. The van der Waals surface area contributed by atoms with Crippen molar-refractivity contribution in [2.75, 3.05) is 40.1 Å². The molecule has 1 saturated carbocycles. The second-order valence-electron chi connectivity index (χ2n) is 6.92. The summed E-state index contributed by atoms with van der Waals surface area (Å²) in [6.45, 7) is 4.96. The molecule has 212 valence electrons. The van der Waals surface area contributed by atoms with Crippen molar-refractivity contribution < 1.29 is 71.3 Å². The van der Waals surface area contributed by atoms with Gasteiger partial charge in [0, 0.05) is 7.11 Å². The third kappa shape index (κ3) is 9.45. The molecule has 1 rings (SSSR count). The third-order valence-electron chi connectivity index (χ3n) is 4.63. The van der Waals surface area contributed by atoms with Crippen molar-refractivity contribution in [3.8, 4) is 0 Å². The molecule has 0 aromatic rings. The summed E-state index contributed by atoms with van der Waals surface area (Å²) < 4.78 is 51.1. The van der Waals surface area contributed by atoms with Crippen LogP contribution in [0.15, 0.2) is 0 Å². The number of hydrogen-bond acceptors (Lipinski definition) is 16. The number of carbonyl (C=O) groups is 5. The zero-order valence-corrected chi connectivity index (χ0v) is 21.2. The predicted molar refractivity (Wildman–Crippen MR) is 117 cm³/mol. The number of ether oxygens (including phenoxy) is 10. The molecule has 2 N–H and O–H groups in total. The van der Waals surface area contributed by atoms with Crippen molar-refractivity contribution in [2.24, 2.45) is 5.73 Å². The fourth-order valence-corrected chi connectivity index (χ4v) is 3.31. The Bertz CT molecular complexity index is 775. The zero-order chi connectivity index (χ0) is 28.0. The van der Waals surface area contributed by atoms with Gasteiger partial charge >= 0.3 is 30.6 Å². The van der Waals surface area contributed by atoms with Crippen LogP contribution in [-0.4, -0.2) is 107 Å². The lowest BCUT2D eigenvalue weighted by Gasteiger charge is -2.46. The molecule has 37 heavy (non-hydrogen) atoms. The second kappa shape index (κ2) is 16.3. The molecule has 0 heterocycles. The molecular formula is C21H33NO15. The van der Waals surface area contributed by atoms with Gasteiger partial charge in [-0.15, -0.1) is 0 Å². The Labute approximate surface area is 212 Å². The number of carbonyl (C=O) groups excluding carboxylic acids is 5. The first-order valence-electron chi connectivity index (χ1n) is 11.4. The number of methoxy groups -OCH3 is 1. The highest BCUT2D eigenvalue weighted by molar-refractivity contribution is 5.72. The van der Waals surface area contributed by atoms with Gasteiger partial charge in [0.1, 0.15) is 6.10 Å². The van der Waals surface area contributed by atoms with Crippen molar-refractivity contribution >= 4 is 30.6 Å². The lowest BCUT2D eigenvalue weighted by molar-refractivity contribution is -0.246. The first-order chi connectivity index (χ1) is 17.7. The summed E-state index contributed by atoms with van der Waals surface area (Å²) >= 11 is 0. The number of nitrogens with two attached hydrogens (primary N) is 1. The fraction of sp³-hybridized carbons (Fsp3) is 0.762. The van der Waals surface area contributed by atoms with Gasteiger partial charge in [-0.25, -0.2) is 19.2 Å². The fourth-order valence-electron chi connectivity index (χ4n) is 3.31. The van der Waals surface area contributed by atoms with E-state index in [2.05, 4.69) is 0 Å². The molecule has 16 heteroatoms. The van der Waals surface area contributed by atoms with Gasteiger partial charge in [0.25, 0.3) is 0 Å². The minimum absolute atomic E-state index is 0.0878. The zero-order valence-electron chi connectivity index (χ0n) is 21.2. The molecule has 1 fully saturated rings. The lowest BCUT2D eigenvalue weighted by atomic mass is 9.83. The molecule has 0 radical (unpaired) electrons. The SMILES string of the molecule is CCOC(=O)OC1C(OC)C(OC(=O)CN)C(OC(=O)OCC)C(OC(=O)OCC)C1OC(=O)OCC. The Kier molecular flexibility index (Phi) is 13.8. The van der Waals surface area contributed by atoms with Gasteiger partial charge < -0.3 is 53.1 Å². The average molecular weight is 539 g/mol. The van der Waals surface area contributed by atoms with E-state index in [1.165, 1.54) is 27.7 Å². The molecule has 16 nitrogen and oxygen atoms in total. The average Bonchev–Trinajstić information content (AvgIpc) is 2.84. The summed E-state index contributed by atoms with van der Waals surface area (Å²) in [6.07, 6.45) is -15.0. The molecule has 1 aliphatic carbocycles. The topological polar surface area (TPSA) is 204 Å². The van der Waals surface area contributed by atoms with E-state index >= 15 is 0 Å². The van der Waals surface area contributed by atoms with E-state index in [9.17, 15) is 24.0 Å². The molecule has 0 aliphatic heterocycles. The van der Waals surface area contributed by atoms with E-state index in [0.717, 1.165) is 7.11 Å². The number of rotatable bonds is 11. The Balaban J connectivity index is 3.69. The Morgan fingerprint density at radius 3 is 1.03 bits per heavy atom. The lowest BCUT2D eigenvalue weighted by Crippen LogP contribution is -2.69. The van der Waals surface area contributed by atoms with Gasteiger partial charge in [0.15, 0.2) is 30.5 Å². The van der Waals surface area contributed by atoms with Crippen molar-refractivity contribution in [3.05, 3.63) is 0 Å². The van der Waals surface area contributed by atoms with Crippen LogP contribution in [0.3, 0.4) is 0 Å². The maximum absolute atomic E-state index is 12.3. The van der Waals surface area contributed by atoms with E-state index < -0.39 is 73.8 Å². The molecule has 6 atom stereocenters. The Morgan fingerprint density at radius 1 is 0.514 bits per heavy atom. The smallest absolute Gasteiger partial charge is 0.454 e. The molecule has 6 unspecified atom stereocenters. The van der Waals surface area contributed by atoms with Crippen molar-refractivity contribution in [3.63, 3.8) is 0 Å². The van der Waals surface area contributed by atoms with E-state index in [1.807, 2.05) is 0 Å². The quantitative estimate of drug-likeness (QED) is 0.288. The second-order valence-corrected chi connectivity index (χ2v) is 6.92. The van der Waals surface area contributed by atoms with Gasteiger partial charge in [-0.05, 0) is 27.7 Å². The largest absolute Gasteiger partial charge is 0.508 e.